The Bertz CT molecular complexity index is 366. The van der Waals surface area contributed by atoms with Crippen LogP contribution in [0, 0.1) is 17.2 Å². The molecule has 1 fully saturated rings. The van der Waals surface area contributed by atoms with Crippen molar-refractivity contribution in [2.75, 3.05) is 19.6 Å². The second kappa shape index (κ2) is 5.14. The monoisotopic (exact) mass is 214 g/mol. The van der Waals surface area contributed by atoms with E-state index < -0.39 is 0 Å². The molecule has 1 aromatic rings. The van der Waals surface area contributed by atoms with Crippen molar-refractivity contribution < 1.29 is 0 Å². The molecular weight excluding hydrogens is 196 g/mol. The number of nitrogens with zero attached hydrogens (tertiary/aromatic N) is 2. The molecule has 0 radical (unpaired) electrons. The summed E-state index contributed by atoms with van der Waals surface area (Å²) < 4.78 is 0. The summed E-state index contributed by atoms with van der Waals surface area (Å²) >= 11 is 0. The first kappa shape index (κ1) is 11.2. The van der Waals surface area contributed by atoms with Crippen LogP contribution in [0.25, 0.3) is 0 Å². The van der Waals surface area contributed by atoms with Crippen LogP contribution in [0.5, 0.6) is 0 Å². The van der Waals surface area contributed by atoms with E-state index >= 15 is 0 Å². The van der Waals surface area contributed by atoms with Crippen molar-refractivity contribution >= 4 is 0 Å². The summed E-state index contributed by atoms with van der Waals surface area (Å²) in [6, 6.07) is 12.7. The van der Waals surface area contributed by atoms with Gasteiger partial charge >= 0.3 is 0 Å². The third-order valence-electron chi connectivity index (χ3n) is 3.53. The molecule has 0 saturated carbocycles. The fraction of sp³-hybridized carbons (Fsp3) is 0.500. The highest BCUT2D eigenvalue weighted by atomic mass is 15.1. The first-order chi connectivity index (χ1) is 7.85. The van der Waals surface area contributed by atoms with Crippen molar-refractivity contribution in [2.45, 2.75) is 19.3 Å². The van der Waals surface area contributed by atoms with Gasteiger partial charge in [-0.05, 0) is 31.0 Å². The lowest BCUT2D eigenvalue weighted by Gasteiger charge is -2.18. The second-order valence-corrected chi connectivity index (χ2v) is 4.46. The highest BCUT2D eigenvalue weighted by Gasteiger charge is 2.29. The minimum Gasteiger partial charge on any atom is -0.303 e. The van der Waals surface area contributed by atoms with Gasteiger partial charge in [-0.15, -0.1) is 0 Å². The van der Waals surface area contributed by atoms with Gasteiger partial charge in [0, 0.05) is 6.54 Å². The van der Waals surface area contributed by atoms with Crippen molar-refractivity contribution in [1.29, 1.82) is 5.26 Å². The Kier molecular flexibility index (Phi) is 3.58. The molecule has 16 heavy (non-hydrogen) atoms. The van der Waals surface area contributed by atoms with Crippen LogP contribution in [0.3, 0.4) is 0 Å². The number of nitriles is 1. The van der Waals surface area contributed by atoms with E-state index in [1.54, 1.807) is 0 Å². The van der Waals surface area contributed by atoms with Crippen LogP contribution in [0.1, 0.15) is 24.8 Å². The molecule has 2 rings (SSSR count). The molecule has 2 nitrogen and oxygen atoms in total. The summed E-state index contributed by atoms with van der Waals surface area (Å²) in [7, 11) is 0. The summed E-state index contributed by atoms with van der Waals surface area (Å²) in [4.78, 5) is 2.43. The van der Waals surface area contributed by atoms with Crippen LogP contribution in [0.4, 0.5) is 0 Å². The quantitative estimate of drug-likeness (QED) is 0.773. The Labute approximate surface area is 97.5 Å². The van der Waals surface area contributed by atoms with E-state index in [9.17, 15) is 5.26 Å². The van der Waals surface area contributed by atoms with E-state index in [4.69, 9.17) is 0 Å². The van der Waals surface area contributed by atoms with Gasteiger partial charge in [0.1, 0.15) is 0 Å². The van der Waals surface area contributed by atoms with Crippen molar-refractivity contribution in [3.05, 3.63) is 35.9 Å². The van der Waals surface area contributed by atoms with Crippen molar-refractivity contribution in [3.8, 4) is 6.07 Å². The maximum atomic E-state index is 9.33. The number of likely N-dealkylation sites (tertiary alicyclic amines) is 1. The Morgan fingerprint density at radius 3 is 2.75 bits per heavy atom. The average Bonchev–Trinajstić information content (AvgIpc) is 2.80. The molecular formula is C14H18N2. The van der Waals surface area contributed by atoms with Crippen LogP contribution in [-0.2, 0) is 0 Å². The number of hydrogen-bond acceptors (Lipinski definition) is 2. The average molecular weight is 214 g/mol. The first-order valence-corrected chi connectivity index (χ1v) is 6.02. The molecule has 0 bridgehead atoms. The number of rotatable bonds is 3. The maximum absolute atomic E-state index is 9.33. The van der Waals surface area contributed by atoms with Crippen LogP contribution >= 0.6 is 0 Å². The Balaban J connectivity index is 2.10. The van der Waals surface area contributed by atoms with Crippen molar-refractivity contribution in [2.24, 2.45) is 5.92 Å². The van der Waals surface area contributed by atoms with E-state index in [0.29, 0.717) is 5.92 Å². The standard InChI is InChI=1S/C14H18N2/c1-2-16-9-8-13(11-16)14(10-15)12-6-4-3-5-7-12/h3-7,13-14H,2,8-9,11H2,1H3/t13-,14-/m0/s1. The lowest BCUT2D eigenvalue weighted by molar-refractivity contribution is 0.337. The van der Waals surface area contributed by atoms with Crippen molar-refractivity contribution in [1.82, 2.24) is 4.90 Å². The zero-order valence-corrected chi connectivity index (χ0v) is 9.76. The second-order valence-electron chi connectivity index (χ2n) is 4.46. The van der Waals surface area contributed by atoms with Gasteiger partial charge in [0.25, 0.3) is 0 Å². The zero-order valence-electron chi connectivity index (χ0n) is 9.76. The van der Waals surface area contributed by atoms with Gasteiger partial charge in [0.2, 0.25) is 0 Å². The van der Waals surface area contributed by atoms with Gasteiger partial charge in [-0.25, -0.2) is 0 Å². The van der Waals surface area contributed by atoms with E-state index in [2.05, 4.69) is 30.0 Å². The molecule has 2 heteroatoms. The number of benzene rings is 1. The highest BCUT2D eigenvalue weighted by molar-refractivity contribution is 5.26. The van der Waals surface area contributed by atoms with Gasteiger partial charge < -0.3 is 4.90 Å². The van der Waals surface area contributed by atoms with Crippen LogP contribution in [-0.4, -0.2) is 24.5 Å². The lowest BCUT2D eigenvalue weighted by atomic mass is 9.86. The van der Waals surface area contributed by atoms with E-state index in [0.717, 1.165) is 26.1 Å². The summed E-state index contributed by atoms with van der Waals surface area (Å²) in [5.41, 5.74) is 1.17. The minimum absolute atomic E-state index is 0.0674. The Morgan fingerprint density at radius 2 is 2.19 bits per heavy atom. The van der Waals surface area contributed by atoms with Gasteiger partial charge in [0.15, 0.2) is 0 Å². The molecule has 1 saturated heterocycles. The minimum atomic E-state index is 0.0674. The van der Waals surface area contributed by atoms with Gasteiger partial charge in [-0.3, -0.25) is 0 Å². The topological polar surface area (TPSA) is 27.0 Å². The van der Waals surface area contributed by atoms with E-state index in [1.165, 1.54) is 5.56 Å². The molecule has 0 N–H and O–H groups in total. The molecule has 1 aliphatic rings. The van der Waals surface area contributed by atoms with Crippen molar-refractivity contribution in [3.63, 3.8) is 0 Å². The molecule has 0 aliphatic carbocycles. The molecule has 0 amide bonds. The summed E-state index contributed by atoms with van der Waals surface area (Å²) in [5.74, 6) is 0.574. The summed E-state index contributed by atoms with van der Waals surface area (Å²) in [6.45, 7) is 5.51. The van der Waals surface area contributed by atoms with Crippen LogP contribution in [0.2, 0.25) is 0 Å². The molecule has 1 heterocycles. The first-order valence-electron chi connectivity index (χ1n) is 6.02. The van der Waals surface area contributed by atoms with E-state index in [1.807, 2.05) is 18.2 Å². The Hall–Kier alpha value is -1.33. The molecule has 2 atom stereocenters. The highest BCUT2D eigenvalue weighted by Crippen LogP contribution is 2.31. The van der Waals surface area contributed by atoms with Crippen LogP contribution < -0.4 is 0 Å². The lowest BCUT2D eigenvalue weighted by Crippen LogP contribution is -2.21. The molecule has 0 unspecified atom stereocenters. The van der Waals surface area contributed by atoms with Crippen LogP contribution in [0.15, 0.2) is 30.3 Å². The fourth-order valence-corrected chi connectivity index (χ4v) is 2.53. The van der Waals surface area contributed by atoms with Gasteiger partial charge in [-0.2, -0.15) is 5.26 Å². The fourth-order valence-electron chi connectivity index (χ4n) is 2.53. The smallest absolute Gasteiger partial charge is 0.0753 e. The number of hydrogen-bond donors (Lipinski definition) is 0. The molecule has 1 aromatic carbocycles. The molecule has 84 valence electrons. The predicted octanol–water partition coefficient (Wildman–Crippen LogP) is 2.64. The third kappa shape index (κ3) is 2.25. The Morgan fingerprint density at radius 1 is 1.44 bits per heavy atom. The SMILES string of the molecule is CCN1CC[C@H]([C@@H](C#N)c2ccccc2)C1. The van der Waals surface area contributed by atoms with Gasteiger partial charge in [0.05, 0.1) is 12.0 Å². The molecule has 0 aromatic heterocycles. The normalized spacial score (nSPS) is 22.9. The summed E-state index contributed by atoms with van der Waals surface area (Å²) in [5, 5.41) is 9.33. The largest absolute Gasteiger partial charge is 0.303 e. The molecule has 0 spiro atoms. The summed E-state index contributed by atoms with van der Waals surface area (Å²) in [6.07, 6.45) is 1.15. The van der Waals surface area contributed by atoms with E-state index in [-0.39, 0.29) is 5.92 Å². The zero-order chi connectivity index (χ0) is 11.4. The van der Waals surface area contributed by atoms with Gasteiger partial charge in [-0.1, -0.05) is 37.3 Å². The molecule has 1 aliphatic heterocycles. The predicted molar refractivity (Wildman–Crippen MR) is 65.0 cm³/mol. The maximum Gasteiger partial charge on any atom is 0.0753 e. The third-order valence-corrected chi connectivity index (χ3v) is 3.53.